The third kappa shape index (κ3) is 2.76. The van der Waals surface area contributed by atoms with Crippen molar-refractivity contribution in [3.8, 4) is 0 Å². The zero-order chi connectivity index (χ0) is 13.0. The van der Waals surface area contributed by atoms with Gasteiger partial charge in [-0.15, -0.1) is 0 Å². The topological polar surface area (TPSA) is 62.2 Å². The van der Waals surface area contributed by atoms with Crippen molar-refractivity contribution < 1.29 is 9.53 Å². The molecular weight excluding hydrogens is 228 g/mol. The Balaban J connectivity index is 2.13. The van der Waals surface area contributed by atoms with Crippen molar-refractivity contribution in [2.75, 3.05) is 13.7 Å². The summed E-state index contributed by atoms with van der Waals surface area (Å²) in [6.45, 7) is 0.754. The predicted octanol–water partition coefficient (Wildman–Crippen LogP) is 1.40. The lowest BCUT2D eigenvalue weighted by atomic mass is 9.85. The summed E-state index contributed by atoms with van der Waals surface area (Å²) in [5.41, 5.74) is 1.64. The number of methoxy groups -OCH3 is 1. The quantitative estimate of drug-likeness (QED) is 0.792. The maximum atomic E-state index is 11.8. The first-order valence-corrected chi connectivity index (χ1v) is 6.15. The van der Waals surface area contributed by atoms with Crippen LogP contribution in [0.2, 0.25) is 0 Å². The minimum absolute atomic E-state index is 0.0406. The molecule has 4 heteroatoms. The summed E-state index contributed by atoms with van der Waals surface area (Å²) in [6.07, 6.45) is 1.36. The van der Waals surface area contributed by atoms with Gasteiger partial charge >= 0.3 is 5.97 Å². The molecule has 0 bridgehead atoms. The number of piperidine rings is 1. The second-order valence-electron chi connectivity index (χ2n) is 4.53. The molecule has 0 saturated carbocycles. The molecule has 1 aliphatic rings. The maximum Gasteiger partial charge on any atom is 0.315 e. The molecule has 4 nitrogen and oxygen atoms in total. The molecule has 18 heavy (non-hydrogen) atoms. The summed E-state index contributed by atoms with van der Waals surface area (Å²) in [4.78, 5) is 11.8. The molecule has 1 aliphatic heterocycles. The number of benzene rings is 1. The van der Waals surface area contributed by atoms with Crippen LogP contribution < -0.4 is 5.32 Å². The van der Waals surface area contributed by atoms with E-state index in [-0.39, 0.29) is 12.0 Å². The smallest absolute Gasteiger partial charge is 0.315 e. The molecule has 1 aromatic carbocycles. The molecule has 0 aliphatic carbocycles. The van der Waals surface area contributed by atoms with Crippen molar-refractivity contribution in [2.24, 2.45) is 5.92 Å². The third-order valence-electron chi connectivity index (χ3n) is 3.33. The average molecular weight is 246 g/mol. The van der Waals surface area contributed by atoms with Gasteiger partial charge in [-0.05, 0) is 18.4 Å². The maximum absolute atomic E-state index is 11.8. The SMILES string of the molecule is COC(=O)C1C(=N)CCNC1Cc1ccccc1. The summed E-state index contributed by atoms with van der Waals surface area (Å²) in [5.74, 6) is -0.767. The molecule has 1 aromatic rings. The van der Waals surface area contributed by atoms with Crippen molar-refractivity contribution in [3.63, 3.8) is 0 Å². The minimum Gasteiger partial charge on any atom is -0.468 e. The van der Waals surface area contributed by atoms with Crippen LogP contribution in [0.3, 0.4) is 0 Å². The zero-order valence-electron chi connectivity index (χ0n) is 10.5. The van der Waals surface area contributed by atoms with Gasteiger partial charge in [0, 0.05) is 18.3 Å². The molecule has 96 valence electrons. The number of rotatable bonds is 3. The van der Waals surface area contributed by atoms with Crippen molar-refractivity contribution in [1.29, 1.82) is 5.41 Å². The Morgan fingerprint density at radius 2 is 2.17 bits per heavy atom. The van der Waals surface area contributed by atoms with Gasteiger partial charge in [0.15, 0.2) is 0 Å². The van der Waals surface area contributed by atoms with Crippen LogP contribution in [-0.4, -0.2) is 31.4 Å². The second kappa shape index (κ2) is 5.78. The van der Waals surface area contributed by atoms with Crippen LogP contribution in [0.4, 0.5) is 0 Å². The first-order valence-electron chi connectivity index (χ1n) is 6.15. The van der Waals surface area contributed by atoms with E-state index in [0.29, 0.717) is 12.1 Å². The van der Waals surface area contributed by atoms with E-state index in [0.717, 1.165) is 13.0 Å². The number of ether oxygens (including phenoxy) is 1. The largest absolute Gasteiger partial charge is 0.468 e. The fourth-order valence-electron chi connectivity index (χ4n) is 2.40. The molecule has 2 atom stereocenters. The lowest BCUT2D eigenvalue weighted by Crippen LogP contribution is -2.51. The average Bonchev–Trinajstić information content (AvgIpc) is 2.39. The first-order chi connectivity index (χ1) is 8.72. The molecule has 2 rings (SSSR count). The predicted molar refractivity (Wildman–Crippen MR) is 69.8 cm³/mol. The Bertz CT molecular complexity index is 423. The first kappa shape index (κ1) is 12.8. The highest BCUT2D eigenvalue weighted by atomic mass is 16.5. The van der Waals surface area contributed by atoms with Crippen LogP contribution in [0.15, 0.2) is 30.3 Å². The van der Waals surface area contributed by atoms with Gasteiger partial charge in [0.05, 0.1) is 7.11 Å². The summed E-state index contributed by atoms with van der Waals surface area (Å²) in [7, 11) is 1.38. The Kier molecular flexibility index (Phi) is 4.10. The minimum atomic E-state index is -0.455. The van der Waals surface area contributed by atoms with E-state index >= 15 is 0 Å². The van der Waals surface area contributed by atoms with Crippen molar-refractivity contribution in [3.05, 3.63) is 35.9 Å². The van der Waals surface area contributed by atoms with E-state index in [1.807, 2.05) is 30.3 Å². The summed E-state index contributed by atoms with van der Waals surface area (Å²) in [6, 6.07) is 9.97. The molecule has 0 spiro atoms. The van der Waals surface area contributed by atoms with E-state index < -0.39 is 5.92 Å². The van der Waals surface area contributed by atoms with Gasteiger partial charge in [-0.2, -0.15) is 0 Å². The number of hydrogen-bond donors (Lipinski definition) is 2. The lowest BCUT2D eigenvalue weighted by Gasteiger charge is -2.31. The molecule has 1 saturated heterocycles. The monoisotopic (exact) mass is 246 g/mol. The molecule has 0 amide bonds. The molecule has 2 N–H and O–H groups in total. The molecule has 1 heterocycles. The summed E-state index contributed by atoms with van der Waals surface area (Å²) < 4.78 is 4.81. The molecule has 0 aromatic heterocycles. The molecule has 1 fully saturated rings. The molecule has 2 unspecified atom stereocenters. The normalized spacial score (nSPS) is 23.7. The Hall–Kier alpha value is -1.68. The highest BCUT2D eigenvalue weighted by Gasteiger charge is 2.35. The van der Waals surface area contributed by atoms with Gasteiger partial charge in [0.25, 0.3) is 0 Å². The second-order valence-corrected chi connectivity index (χ2v) is 4.53. The number of hydrogen-bond acceptors (Lipinski definition) is 4. The van der Waals surface area contributed by atoms with Crippen molar-refractivity contribution in [1.82, 2.24) is 5.32 Å². The third-order valence-corrected chi connectivity index (χ3v) is 3.33. The van der Waals surface area contributed by atoms with E-state index in [1.165, 1.54) is 12.7 Å². The fraction of sp³-hybridized carbons (Fsp3) is 0.429. The Labute approximate surface area is 107 Å². The highest BCUT2D eigenvalue weighted by Crippen LogP contribution is 2.18. The number of carbonyl (C=O) groups excluding carboxylic acids is 1. The van der Waals surface area contributed by atoms with Gasteiger partial charge in [0.2, 0.25) is 0 Å². The van der Waals surface area contributed by atoms with Crippen LogP contribution in [0.1, 0.15) is 12.0 Å². The Morgan fingerprint density at radius 1 is 1.44 bits per heavy atom. The molecule has 0 radical (unpaired) electrons. The van der Waals surface area contributed by atoms with E-state index in [1.54, 1.807) is 0 Å². The van der Waals surface area contributed by atoms with Crippen LogP contribution >= 0.6 is 0 Å². The van der Waals surface area contributed by atoms with Gasteiger partial charge < -0.3 is 15.5 Å². The van der Waals surface area contributed by atoms with Gasteiger partial charge in [-0.3, -0.25) is 4.79 Å². The summed E-state index contributed by atoms with van der Waals surface area (Å²) in [5, 5.41) is 11.3. The van der Waals surface area contributed by atoms with Gasteiger partial charge in [-0.25, -0.2) is 0 Å². The van der Waals surface area contributed by atoms with Crippen LogP contribution in [0.25, 0.3) is 0 Å². The van der Waals surface area contributed by atoms with Crippen molar-refractivity contribution >= 4 is 11.7 Å². The lowest BCUT2D eigenvalue weighted by molar-refractivity contribution is -0.144. The zero-order valence-corrected chi connectivity index (χ0v) is 10.5. The van der Waals surface area contributed by atoms with E-state index in [2.05, 4.69) is 5.32 Å². The number of esters is 1. The van der Waals surface area contributed by atoms with Crippen molar-refractivity contribution in [2.45, 2.75) is 18.9 Å². The number of carbonyl (C=O) groups is 1. The van der Waals surface area contributed by atoms with E-state index in [9.17, 15) is 4.79 Å². The van der Waals surface area contributed by atoms with Crippen LogP contribution in [0, 0.1) is 11.3 Å². The standard InChI is InChI=1S/C14H18N2O2/c1-18-14(17)13-11(15)7-8-16-12(13)9-10-5-3-2-4-6-10/h2-6,12-13,15-16H,7-9H2,1H3. The summed E-state index contributed by atoms with van der Waals surface area (Å²) >= 11 is 0. The van der Waals surface area contributed by atoms with E-state index in [4.69, 9.17) is 10.1 Å². The highest BCUT2D eigenvalue weighted by molar-refractivity contribution is 6.02. The van der Waals surface area contributed by atoms with Gasteiger partial charge in [-0.1, -0.05) is 30.3 Å². The molecular formula is C14H18N2O2. The Morgan fingerprint density at radius 3 is 2.83 bits per heavy atom. The number of nitrogens with one attached hydrogen (secondary N) is 2. The van der Waals surface area contributed by atoms with Gasteiger partial charge in [0.1, 0.15) is 5.92 Å². The van der Waals surface area contributed by atoms with Crippen LogP contribution in [0.5, 0.6) is 0 Å². The fourth-order valence-corrected chi connectivity index (χ4v) is 2.40. The van der Waals surface area contributed by atoms with Crippen LogP contribution in [-0.2, 0) is 16.0 Å².